The van der Waals surface area contributed by atoms with Gasteiger partial charge in [-0.3, -0.25) is 9.78 Å². The summed E-state index contributed by atoms with van der Waals surface area (Å²) in [6.07, 6.45) is 7.87. The number of carbonyl (C=O) groups is 1. The lowest BCUT2D eigenvalue weighted by molar-refractivity contribution is 0.0704. The van der Waals surface area contributed by atoms with Crippen molar-refractivity contribution in [2.45, 2.75) is 39.3 Å². The number of nitrogens with zero attached hydrogens (tertiary/aromatic N) is 5. The highest BCUT2D eigenvalue weighted by Crippen LogP contribution is 2.29. The molecule has 0 bridgehead atoms. The molecule has 28 heavy (non-hydrogen) atoms. The second-order valence-corrected chi connectivity index (χ2v) is 8.34. The standard InChI is InChI=1S/C21H25N5O2/c1-21(2)9-17(27)5-7-25(13-21)20(28)16-8-18-19(23-11-16)26(14-24-18)12-15-4-3-6-22-10-15/h3-4,6,8,10-11,14,17,27H,5,7,9,12-13H2,1-2H3. The van der Waals surface area contributed by atoms with E-state index in [1.54, 1.807) is 24.8 Å². The van der Waals surface area contributed by atoms with E-state index in [4.69, 9.17) is 0 Å². The van der Waals surface area contributed by atoms with Gasteiger partial charge >= 0.3 is 0 Å². The van der Waals surface area contributed by atoms with Crippen molar-refractivity contribution in [2.75, 3.05) is 13.1 Å². The van der Waals surface area contributed by atoms with Gasteiger partial charge in [0.2, 0.25) is 0 Å². The Morgan fingerprint density at radius 1 is 1.32 bits per heavy atom. The van der Waals surface area contributed by atoms with Crippen LogP contribution < -0.4 is 0 Å². The van der Waals surface area contributed by atoms with E-state index in [9.17, 15) is 9.90 Å². The van der Waals surface area contributed by atoms with Crippen LogP contribution in [0.4, 0.5) is 0 Å². The zero-order valence-electron chi connectivity index (χ0n) is 16.2. The zero-order valence-corrected chi connectivity index (χ0v) is 16.2. The van der Waals surface area contributed by atoms with Gasteiger partial charge in [-0.15, -0.1) is 0 Å². The molecule has 1 amide bonds. The molecule has 4 rings (SSSR count). The van der Waals surface area contributed by atoms with Gasteiger partial charge in [0.25, 0.3) is 5.91 Å². The summed E-state index contributed by atoms with van der Waals surface area (Å²) in [5, 5.41) is 10.1. The molecule has 1 aliphatic rings. The van der Waals surface area contributed by atoms with Crippen molar-refractivity contribution in [3.05, 3.63) is 54.2 Å². The largest absolute Gasteiger partial charge is 0.393 e. The van der Waals surface area contributed by atoms with Gasteiger partial charge < -0.3 is 14.6 Å². The molecule has 7 nitrogen and oxygen atoms in total. The molecule has 0 aliphatic carbocycles. The minimum Gasteiger partial charge on any atom is -0.393 e. The van der Waals surface area contributed by atoms with Gasteiger partial charge in [-0.25, -0.2) is 9.97 Å². The fourth-order valence-electron chi connectivity index (χ4n) is 3.93. The highest BCUT2D eigenvalue weighted by atomic mass is 16.3. The number of aliphatic hydroxyl groups is 1. The van der Waals surface area contributed by atoms with Crippen molar-refractivity contribution in [1.29, 1.82) is 0 Å². The molecule has 1 N–H and O–H groups in total. The van der Waals surface area contributed by atoms with Gasteiger partial charge in [0.05, 0.1) is 24.5 Å². The van der Waals surface area contributed by atoms with Gasteiger partial charge in [0.15, 0.2) is 5.65 Å². The highest BCUT2D eigenvalue weighted by Gasteiger charge is 2.31. The van der Waals surface area contributed by atoms with E-state index < -0.39 is 0 Å². The van der Waals surface area contributed by atoms with Crippen LogP contribution in [-0.4, -0.2) is 54.6 Å². The Bertz CT molecular complexity index is 983. The molecule has 3 aromatic heterocycles. The van der Waals surface area contributed by atoms with E-state index in [0.29, 0.717) is 43.6 Å². The summed E-state index contributed by atoms with van der Waals surface area (Å²) in [5.74, 6) is -0.0571. The van der Waals surface area contributed by atoms with Crippen LogP contribution in [0, 0.1) is 5.41 Å². The average Bonchev–Trinajstić information content (AvgIpc) is 3.00. The van der Waals surface area contributed by atoms with E-state index in [1.807, 2.05) is 27.8 Å². The monoisotopic (exact) mass is 379 g/mol. The number of pyridine rings is 2. The molecule has 0 radical (unpaired) electrons. The summed E-state index contributed by atoms with van der Waals surface area (Å²) < 4.78 is 1.95. The van der Waals surface area contributed by atoms with E-state index in [2.05, 4.69) is 28.8 Å². The maximum absolute atomic E-state index is 13.0. The van der Waals surface area contributed by atoms with Crippen LogP contribution in [-0.2, 0) is 6.54 Å². The van der Waals surface area contributed by atoms with Crippen LogP contribution in [0.15, 0.2) is 43.1 Å². The number of fused-ring (bicyclic) bond motifs is 1. The normalized spacial score (nSPS) is 19.5. The summed E-state index contributed by atoms with van der Waals surface area (Å²) in [7, 11) is 0. The first-order valence-corrected chi connectivity index (χ1v) is 9.58. The first-order valence-electron chi connectivity index (χ1n) is 9.58. The molecule has 1 saturated heterocycles. The predicted molar refractivity (Wildman–Crippen MR) is 106 cm³/mol. The molecule has 146 valence electrons. The van der Waals surface area contributed by atoms with Crippen molar-refractivity contribution < 1.29 is 9.90 Å². The fourth-order valence-corrected chi connectivity index (χ4v) is 3.93. The van der Waals surface area contributed by atoms with Crippen LogP contribution in [0.2, 0.25) is 0 Å². The summed E-state index contributed by atoms with van der Waals surface area (Å²) in [5.41, 5.74) is 2.92. The number of imidazole rings is 1. The lowest BCUT2D eigenvalue weighted by Gasteiger charge is -2.29. The Kier molecular flexibility index (Phi) is 4.85. The molecule has 4 heterocycles. The van der Waals surface area contributed by atoms with Crippen molar-refractivity contribution in [3.63, 3.8) is 0 Å². The van der Waals surface area contributed by atoms with Crippen molar-refractivity contribution in [1.82, 2.24) is 24.4 Å². The van der Waals surface area contributed by atoms with E-state index in [1.165, 1.54) is 0 Å². The number of aromatic nitrogens is 4. The van der Waals surface area contributed by atoms with Crippen LogP contribution in [0.25, 0.3) is 11.2 Å². The Morgan fingerprint density at radius 2 is 2.18 bits per heavy atom. The third-order valence-electron chi connectivity index (χ3n) is 5.20. The summed E-state index contributed by atoms with van der Waals surface area (Å²) in [4.78, 5) is 28.0. The maximum atomic E-state index is 13.0. The van der Waals surface area contributed by atoms with Gasteiger partial charge in [0.1, 0.15) is 5.52 Å². The number of aliphatic hydroxyl groups excluding tert-OH is 1. The average molecular weight is 379 g/mol. The number of hydrogen-bond acceptors (Lipinski definition) is 5. The van der Waals surface area contributed by atoms with Crippen molar-refractivity contribution >= 4 is 17.1 Å². The van der Waals surface area contributed by atoms with Crippen LogP contribution >= 0.6 is 0 Å². The number of hydrogen-bond donors (Lipinski definition) is 1. The fraction of sp³-hybridized carbons (Fsp3) is 0.429. The molecule has 0 aromatic carbocycles. The molecular weight excluding hydrogens is 354 g/mol. The lowest BCUT2D eigenvalue weighted by atomic mass is 9.87. The number of likely N-dealkylation sites (tertiary alicyclic amines) is 1. The molecule has 3 aromatic rings. The zero-order chi connectivity index (χ0) is 19.7. The summed E-state index contributed by atoms with van der Waals surface area (Å²) in [6.45, 7) is 5.98. The second-order valence-electron chi connectivity index (χ2n) is 8.34. The van der Waals surface area contributed by atoms with E-state index >= 15 is 0 Å². The minimum atomic E-state index is -0.364. The molecule has 7 heteroatoms. The first-order chi connectivity index (χ1) is 13.4. The first kappa shape index (κ1) is 18.6. The predicted octanol–water partition coefficient (Wildman–Crippen LogP) is 2.50. The SMILES string of the molecule is CC1(C)CC(O)CCN(C(=O)c2cnc3c(c2)ncn3Cc2cccnc2)C1. The Labute approximate surface area is 164 Å². The van der Waals surface area contributed by atoms with E-state index in [0.717, 1.165) is 11.2 Å². The smallest absolute Gasteiger partial charge is 0.255 e. The Morgan fingerprint density at radius 3 is 2.96 bits per heavy atom. The summed E-state index contributed by atoms with van der Waals surface area (Å²) in [6, 6.07) is 5.71. The third kappa shape index (κ3) is 3.89. The minimum absolute atomic E-state index is 0.0571. The van der Waals surface area contributed by atoms with Crippen LogP contribution in [0.5, 0.6) is 0 Å². The molecule has 1 fully saturated rings. The quantitative estimate of drug-likeness (QED) is 0.756. The van der Waals surface area contributed by atoms with Gasteiger partial charge in [-0.1, -0.05) is 19.9 Å². The van der Waals surface area contributed by atoms with Gasteiger partial charge in [-0.2, -0.15) is 0 Å². The Balaban J connectivity index is 1.57. The highest BCUT2D eigenvalue weighted by molar-refractivity contribution is 5.96. The summed E-state index contributed by atoms with van der Waals surface area (Å²) >= 11 is 0. The van der Waals surface area contributed by atoms with Crippen LogP contribution in [0.3, 0.4) is 0 Å². The topological polar surface area (TPSA) is 84.1 Å². The number of amides is 1. The molecule has 0 saturated carbocycles. The second kappa shape index (κ2) is 7.31. The third-order valence-corrected chi connectivity index (χ3v) is 5.20. The molecule has 1 aliphatic heterocycles. The van der Waals surface area contributed by atoms with Gasteiger partial charge in [0, 0.05) is 31.7 Å². The number of carbonyl (C=O) groups excluding carboxylic acids is 1. The molecule has 1 atom stereocenters. The lowest BCUT2D eigenvalue weighted by Crippen LogP contribution is -2.37. The van der Waals surface area contributed by atoms with Gasteiger partial charge in [-0.05, 0) is 36.0 Å². The maximum Gasteiger partial charge on any atom is 0.255 e. The molecule has 0 spiro atoms. The van der Waals surface area contributed by atoms with Crippen molar-refractivity contribution in [3.8, 4) is 0 Å². The van der Waals surface area contributed by atoms with Crippen LogP contribution in [0.1, 0.15) is 42.6 Å². The molecular formula is C21H25N5O2. The molecule has 1 unspecified atom stereocenters. The van der Waals surface area contributed by atoms with Crippen molar-refractivity contribution in [2.24, 2.45) is 5.41 Å². The Hall–Kier alpha value is -2.80. The number of rotatable bonds is 3. The van der Waals surface area contributed by atoms with E-state index in [-0.39, 0.29) is 17.4 Å².